The highest BCUT2D eigenvalue weighted by atomic mass is 16.5. The van der Waals surface area contributed by atoms with Crippen molar-refractivity contribution in [2.45, 2.75) is 18.9 Å². The molecule has 1 aromatic rings. The number of phenols is 1. The third-order valence-corrected chi connectivity index (χ3v) is 2.62. The first-order chi connectivity index (χ1) is 6.74. The average molecular weight is 192 g/mol. The lowest BCUT2D eigenvalue weighted by Crippen LogP contribution is -2.16. The van der Waals surface area contributed by atoms with Gasteiger partial charge in [0.1, 0.15) is 5.75 Å². The molecule has 0 unspecified atom stereocenters. The summed E-state index contributed by atoms with van der Waals surface area (Å²) in [7, 11) is 1.59. The lowest BCUT2D eigenvalue weighted by Gasteiger charge is -2.23. The van der Waals surface area contributed by atoms with Crippen LogP contribution in [0.2, 0.25) is 0 Å². The molecule has 0 aromatic heterocycles. The number of rotatable bonds is 1. The van der Waals surface area contributed by atoms with Gasteiger partial charge in [-0.2, -0.15) is 0 Å². The van der Waals surface area contributed by atoms with E-state index < -0.39 is 0 Å². The first-order valence-corrected chi connectivity index (χ1v) is 4.62. The van der Waals surface area contributed by atoms with Crippen LogP contribution in [-0.4, -0.2) is 18.0 Å². The van der Waals surface area contributed by atoms with Gasteiger partial charge in [0.15, 0.2) is 5.78 Å². The van der Waals surface area contributed by atoms with Crippen molar-refractivity contribution in [1.82, 2.24) is 0 Å². The molecule has 3 heteroatoms. The summed E-state index contributed by atoms with van der Waals surface area (Å²) in [6.07, 6.45) is 0.999. The summed E-state index contributed by atoms with van der Waals surface area (Å²) < 4.78 is 5.23. The van der Waals surface area contributed by atoms with Crippen LogP contribution < -0.4 is 0 Å². The highest BCUT2D eigenvalue weighted by Gasteiger charge is 2.27. The van der Waals surface area contributed by atoms with Crippen molar-refractivity contribution in [2.75, 3.05) is 7.11 Å². The predicted octanol–water partition coefficient (Wildman–Crippen LogP) is 2.06. The van der Waals surface area contributed by atoms with Crippen molar-refractivity contribution >= 4 is 5.78 Å². The summed E-state index contributed by atoms with van der Waals surface area (Å²) in [6, 6.07) is 5.01. The van der Waals surface area contributed by atoms with Crippen LogP contribution in [0.3, 0.4) is 0 Å². The fraction of sp³-hybridized carbons (Fsp3) is 0.364. The number of hydrogen-bond donors (Lipinski definition) is 1. The Morgan fingerprint density at radius 3 is 3.00 bits per heavy atom. The molecular formula is C11H12O3. The SMILES string of the molecule is CO[C@H]1CCC(=O)c2cccc(O)c21. The van der Waals surface area contributed by atoms with E-state index in [9.17, 15) is 9.90 Å². The number of fused-ring (bicyclic) bond motifs is 1. The summed E-state index contributed by atoms with van der Waals surface area (Å²) in [5.41, 5.74) is 1.24. The Kier molecular flexibility index (Phi) is 2.25. The second kappa shape index (κ2) is 3.42. The second-order valence-electron chi connectivity index (χ2n) is 3.42. The molecule has 1 aromatic carbocycles. The van der Waals surface area contributed by atoms with Crippen molar-refractivity contribution in [3.8, 4) is 5.75 Å². The molecule has 0 aliphatic heterocycles. The number of hydrogen-bond acceptors (Lipinski definition) is 3. The molecule has 0 heterocycles. The number of benzene rings is 1. The number of phenolic OH excluding ortho intramolecular Hbond substituents is 1. The Balaban J connectivity index is 2.57. The highest BCUT2D eigenvalue weighted by molar-refractivity contribution is 5.99. The molecule has 1 N–H and O–H groups in total. The standard InChI is InChI=1S/C11H12O3/c1-14-10-6-5-8(12)7-3-2-4-9(13)11(7)10/h2-4,10,13H,5-6H2,1H3/t10-/m0/s1. The summed E-state index contributed by atoms with van der Waals surface area (Å²) in [5.74, 6) is 0.242. The van der Waals surface area contributed by atoms with Crippen molar-refractivity contribution in [3.05, 3.63) is 29.3 Å². The van der Waals surface area contributed by atoms with Crippen LogP contribution in [0.5, 0.6) is 5.75 Å². The molecule has 1 aliphatic carbocycles. The minimum atomic E-state index is -0.149. The molecule has 0 spiro atoms. The Bertz CT molecular complexity index is 371. The third kappa shape index (κ3) is 1.30. The normalized spacial score (nSPS) is 20.6. The first kappa shape index (κ1) is 9.21. The Labute approximate surface area is 82.3 Å². The highest BCUT2D eigenvalue weighted by Crippen LogP contribution is 2.37. The van der Waals surface area contributed by atoms with Gasteiger partial charge in [-0.15, -0.1) is 0 Å². The topological polar surface area (TPSA) is 46.5 Å². The zero-order valence-corrected chi connectivity index (χ0v) is 7.99. The van der Waals surface area contributed by atoms with E-state index >= 15 is 0 Å². The molecule has 0 bridgehead atoms. The zero-order chi connectivity index (χ0) is 10.1. The molecule has 14 heavy (non-hydrogen) atoms. The van der Waals surface area contributed by atoms with Gasteiger partial charge in [0.05, 0.1) is 6.10 Å². The Hall–Kier alpha value is -1.35. The van der Waals surface area contributed by atoms with Crippen LogP contribution in [0.25, 0.3) is 0 Å². The monoisotopic (exact) mass is 192 g/mol. The van der Waals surface area contributed by atoms with Gasteiger partial charge in [-0.05, 0) is 12.5 Å². The number of carbonyl (C=O) groups is 1. The van der Waals surface area contributed by atoms with Crippen LogP contribution in [-0.2, 0) is 4.74 Å². The van der Waals surface area contributed by atoms with Crippen molar-refractivity contribution in [2.24, 2.45) is 0 Å². The molecule has 0 saturated heterocycles. The average Bonchev–Trinajstić information content (AvgIpc) is 2.20. The molecule has 0 fully saturated rings. The Morgan fingerprint density at radius 1 is 1.50 bits per heavy atom. The smallest absolute Gasteiger partial charge is 0.163 e. The van der Waals surface area contributed by atoms with Gasteiger partial charge in [-0.3, -0.25) is 4.79 Å². The fourth-order valence-corrected chi connectivity index (χ4v) is 1.91. The number of Topliss-reactive ketones (excluding diaryl/α,β-unsaturated/α-hetero) is 1. The van der Waals surface area contributed by atoms with Gasteiger partial charge in [0.25, 0.3) is 0 Å². The van der Waals surface area contributed by atoms with Gasteiger partial charge in [-0.25, -0.2) is 0 Å². The molecule has 0 radical (unpaired) electrons. The van der Waals surface area contributed by atoms with Crippen molar-refractivity contribution < 1.29 is 14.6 Å². The molecule has 1 atom stereocenters. The van der Waals surface area contributed by atoms with E-state index in [4.69, 9.17) is 4.74 Å². The van der Waals surface area contributed by atoms with E-state index in [-0.39, 0.29) is 17.6 Å². The molecule has 0 saturated carbocycles. The van der Waals surface area contributed by atoms with Crippen LogP contribution in [0.1, 0.15) is 34.9 Å². The second-order valence-corrected chi connectivity index (χ2v) is 3.42. The van der Waals surface area contributed by atoms with Gasteiger partial charge in [0, 0.05) is 24.7 Å². The van der Waals surface area contributed by atoms with E-state index in [1.54, 1.807) is 25.3 Å². The summed E-state index contributed by atoms with van der Waals surface area (Å²) >= 11 is 0. The third-order valence-electron chi connectivity index (χ3n) is 2.62. The van der Waals surface area contributed by atoms with E-state index in [1.807, 2.05) is 0 Å². The van der Waals surface area contributed by atoms with Crippen LogP contribution in [0.4, 0.5) is 0 Å². The Morgan fingerprint density at radius 2 is 2.29 bits per heavy atom. The van der Waals surface area contributed by atoms with E-state index in [2.05, 4.69) is 0 Å². The van der Waals surface area contributed by atoms with Gasteiger partial charge in [0.2, 0.25) is 0 Å². The molecule has 74 valence electrons. The van der Waals surface area contributed by atoms with Crippen LogP contribution in [0.15, 0.2) is 18.2 Å². The molecular weight excluding hydrogens is 180 g/mol. The molecule has 3 nitrogen and oxygen atoms in total. The van der Waals surface area contributed by atoms with Gasteiger partial charge in [-0.1, -0.05) is 12.1 Å². The quantitative estimate of drug-likeness (QED) is 0.740. The maximum absolute atomic E-state index is 11.5. The van der Waals surface area contributed by atoms with Crippen LogP contribution in [0, 0.1) is 0 Å². The zero-order valence-electron chi connectivity index (χ0n) is 7.99. The summed E-state index contributed by atoms with van der Waals surface area (Å²) in [5, 5.41) is 9.64. The number of aromatic hydroxyl groups is 1. The van der Waals surface area contributed by atoms with Gasteiger partial charge >= 0.3 is 0 Å². The lowest BCUT2D eigenvalue weighted by molar-refractivity contribution is 0.0723. The molecule has 2 rings (SSSR count). The minimum absolute atomic E-state index is 0.0872. The molecule has 1 aliphatic rings. The number of ether oxygens (including phenoxy) is 1. The number of carbonyl (C=O) groups excluding carboxylic acids is 1. The van der Waals surface area contributed by atoms with Crippen molar-refractivity contribution in [1.29, 1.82) is 0 Å². The number of methoxy groups -OCH3 is 1. The predicted molar refractivity (Wildman–Crippen MR) is 51.4 cm³/mol. The number of ketones is 1. The summed E-state index contributed by atoms with van der Waals surface area (Å²) in [4.78, 5) is 11.5. The van der Waals surface area contributed by atoms with E-state index in [1.165, 1.54) is 0 Å². The maximum atomic E-state index is 11.5. The maximum Gasteiger partial charge on any atom is 0.163 e. The van der Waals surface area contributed by atoms with E-state index in [0.29, 0.717) is 24.0 Å². The largest absolute Gasteiger partial charge is 0.508 e. The molecule has 0 amide bonds. The summed E-state index contributed by atoms with van der Waals surface area (Å²) in [6.45, 7) is 0. The van der Waals surface area contributed by atoms with E-state index in [0.717, 1.165) is 0 Å². The van der Waals surface area contributed by atoms with Gasteiger partial charge < -0.3 is 9.84 Å². The van der Waals surface area contributed by atoms with Crippen molar-refractivity contribution in [3.63, 3.8) is 0 Å². The first-order valence-electron chi connectivity index (χ1n) is 4.62. The minimum Gasteiger partial charge on any atom is -0.508 e. The van der Waals surface area contributed by atoms with Crippen LogP contribution >= 0.6 is 0 Å². The fourth-order valence-electron chi connectivity index (χ4n) is 1.91. The lowest BCUT2D eigenvalue weighted by atomic mass is 9.88.